The molecule has 1 aliphatic rings. The van der Waals surface area contributed by atoms with Crippen LogP contribution < -0.4 is 0 Å². The molecule has 7 heavy (non-hydrogen) atoms. The molecule has 2 nitrogen and oxygen atoms in total. The molecule has 0 unspecified atom stereocenters. The van der Waals surface area contributed by atoms with Crippen molar-refractivity contribution in [1.29, 1.82) is 0 Å². The molecule has 0 saturated heterocycles. The van der Waals surface area contributed by atoms with Gasteiger partial charge in [-0.15, -0.1) is 0 Å². The summed E-state index contributed by atoms with van der Waals surface area (Å²) in [7, 11) is 0. The first-order valence-electron chi connectivity index (χ1n) is 2.37. The van der Waals surface area contributed by atoms with Crippen LogP contribution in [0, 0.1) is 0 Å². The van der Waals surface area contributed by atoms with Gasteiger partial charge in [0.1, 0.15) is 12.9 Å². The van der Waals surface area contributed by atoms with Crippen LogP contribution in [0.15, 0.2) is 12.0 Å². The van der Waals surface area contributed by atoms with Gasteiger partial charge in [-0.3, -0.25) is 0 Å². The van der Waals surface area contributed by atoms with Gasteiger partial charge in [-0.1, -0.05) is 0 Å². The Balaban J connectivity index is 1.89. The Kier molecular flexibility index (Phi) is 1.32. The lowest BCUT2D eigenvalue weighted by molar-refractivity contribution is 0.158. The van der Waals surface area contributed by atoms with Crippen molar-refractivity contribution in [2.45, 2.75) is 6.92 Å². The molecule has 0 aromatic carbocycles. The van der Waals surface area contributed by atoms with E-state index in [0.29, 0.717) is 6.61 Å². The average molecular weight is 100 g/mol. The van der Waals surface area contributed by atoms with Crippen molar-refractivity contribution in [1.82, 2.24) is 0 Å². The van der Waals surface area contributed by atoms with E-state index in [0.717, 1.165) is 12.4 Å². The molecule has 0 spiro atoms. The zero-order valence-electron chi connectivity index (χ0n) is 4.31. The van der Waals surface area contributed by atoms with E-state index in [-0.39, 0.29) is 0 Å². The van der Waals surface area contributed by atoms with E-state index >= 15 is 0 Å². The van der Waals surface area contributed by atoms with Gasteiger partial charge in [-0.05, 0) is 6.92 Å². The zero-order chi connectivity index (χ0) is 5.11. The monoisotopic (exact) mass is 100 g/mol. The minimum Gasteiger partial charge on any atom is -0.460 e. The highest BCUT2D eigenvalue weighted by atomic mass is 16.6. The first-order valence-corrected chi connectivity index (χ1v) is 2.37. The van der Waals surface area contributed by atoms with Crippen LogP contribution >= 0.6 is 0 Å². The predicted octanol–water partition coefficient (Wildman–Crippen LogP) is 0.895. The third-order valence-electron chi connectivity index (χ3n) is 0.733. The lowest BCUT2D eigenvalue weighted by Gasteiger charge is -1.89. The van der Waals surface area contributed by atoms with Gasteiger partial charge >= 0.3 is 0 Å². The highest BCUT2D eigenvalue weighted by Crippen LogP contribution is 2.11. The standard InChI is InChI=1S/C5H8O2/c1-2-6-3-5-4-7-5/h4H,2-3H2,1H3. The molecule has 0 N–H and O–H groups in total. The summed E-state index contributed by atoms with van der Waals surface area (Å²) < 4.78 is 9.64. The molecule has 0 aliphatic carbocycles. The number of hydrogen-bond donors (Lipinski definition) is 0. The van der Waals surface area contributed by atoms with Crippen molar-refractivity contribution >= 4 is 0 Å². The summed E-state index contributed by atoms with van der Waals surface area (Å²) in [5, 5.41) is 0. The molecule has 0 atom stereocenters. The summed E-state index contributed by atoms with van der Waals surface area (Å²) in [5.41, 5.74) is 0. The smallest absolute Gasteiger partial charge is 0.164 e. The second kappa shape index (κ2) is 1.98. The minimum absolute atomic E-state index is 0.649. The second-order valence-corrected chi connectivity index (χ2v) is 1.34. The van der Waals surface area contributed by atoms with E-state index in [1.165, 1.54) is 0 Å². The number of hydrogen-bond acceptors (Lipinski definition) is 2. The molecule has 2 heteroatoms. The average Bonchev–Trinajstić information content (AvgIpc) is 2.42. The van der Waals surface area contributed by atoms with Crippen LogP contribution in [0.2, 0.25) is 0 Å². The molecule has 0 bridgehead atoms. The summed E-state index contributed by atoms with van der Waals surface area (Å²) >= 11 is 0. The van der Waals surface area contributed by atoms with Gasteiger partial charge in [-0.25, -0.2) is 0 Å². The van der Waals surface area contributed by atoms with E-state index in [4.69, 9.17) is 4.74 Å². The van der Waals surface area contributed by atoms with Crippen LogP contribution in [-0.2, 0) is 9.47 Å². The normalized spacial score (nSPS) is 15.3. The summed E-state index contributed by atoms with van der Waals surface area (Å²) in [6, 6.07) is 0. The largest absolute Gasteiger partial charge is 0.460 e. The molecule has 0 fully saturated rings. The molecule has 0 amide bonds. The molecule has 40 valence electrons. The Morgan fingerprint density at radius 1 is 1.86 bits per heavy atom. The molecule has 1 rings (SSSR count). The summed E-state index contributed by atoms with van der Waals surface area (Å²) in [6.07, 6.45) is 1.69. The van der Waals surface area contributed by atoms with Gasteiger partial charge in [0.05, 0.1) is 0 Å². The molecule has 0 aromatic rings. The Morgan fingerprint density at radius 3 is 3.00 bits per heavy atom. The van der Waals surface area contributed by atoms with Crippen molar-refractivity contribution in [3.8, 4) is 0 Å². The van der Waals surface area contributed by atoms with Crippen molar-refractivity contribution in [3.63, 3.8) is 0 Å². The molecule has 1 aliphatic heterocycles. The first-order chi connectivity index (χ1) is 3.43. The van der Waals surface area contributed by atoms with Gasteiger partial charge in [0.25, 0.3) is 0 Å². The van der Waals surface area contributed by atoms with E-state index < -0.39 is 0 Å². The highest BCUT2D eigenvalue weighted by molar-refractivity contribution is 5.02. The van der Waals surface area contributed by atoms with Gasteiger partial charge in [-0.2, -0.15) is 0 Å². The maximum absolute atomic E-state index is 4.96. The fourth-order valence-corrected chi connectivity index (χ4v) is 0.312. The Morgan fingerprint density at radius 2 is 2.57 bits per heavy atom. The fraction of sp³-hybridized carbons (Fsp3) is 0.600. The summed E-state index contributed by atoms with van der Waals surface area (Å²) in [5.74, 6) is 0.960. The van der Waals surface area contributed by atoms with Crippen LogP contribution in [-0.4, -0.2) is 13.2 Å². The van der Waals surface area contributed by atoms with Crippen LogP contribution in [0.4, 0.5) is 0 Å². The lowest BCUT2D eigenvalue weighted by Crippen LogP contribution is -1.89. The molecule has 0 saturated carbocycles. The molecule has 0 radical (unpaired) electrons. The maximum Gasteiger partial charge on any atom is 0.164 e. The van der Waals surface area contributed by atoms with E-state index in [1.807, 2.05) is 6.92 Å². The van der Waals surface area contributed by atoms with E-state index in [1.54, 1.807) is 6.26 Å². The van der Waals surface area contributed by atoms with Gasteiger partial charge in [0, 0.05) is 6.61 Å². The summed E-state index contributed by atoms with van der Waals surface area (Å²) in [4.78, 5) is 0. The maximum atomic E-state index is 4.96. The van der Waals surface area contributed by atoms with Crippen molar-refractivity contribution in [2.75, 3.05) is 13.2 Å². The van der Waals surface area contributed by atoms with Gasteiger partial charge in [0.2, 0.25) is 0 Å². The quantitative estimate of drug-likeness (QED) is 0.525. The fourth-order valence-electron chi connectivity index (χ4n) is 0.312. The second-order valence-electron chi connectivity index (χ2n) is 1.34. The molecular formula is C5H8O2. The third kappa shape index (κ3) is 1.59. The molecule has 1 heterocycles. The Labute approximate surface area is 42.7 Å². The van der Waals surface area contributed by atoms with E-state index in [2.05, 4.69) is 4.74 Å². The SMILES string of the molecule is CCOCC1=CO1. The lowest BCUT2D eigenvalue weighted by atomic mass is 10.7. The zero-order valence-corrected chi connectivity index (χ0v) is 4.31. The van der Waals surface area contributed by atoms with Crippen molar-refractivity contribution in [2.24, 2.45) is 0 Å². The van der Waals surface area contributed by atoms with Crippen LogP contribution in [0.25, 0.3) is 0 Å². The number of rotatable bonds is 3. The molecular weight excluding hydrogens is 92.1 g/mol. The third-order valence-corrected chi connectivity index (χ3v) is 0.733. The highest BCUT2D eigenvalue weighted by Gasteiger charge is 2.07. The molecule has 0 aromatic heterocycles. The Hall–Kier alpha value is -0.500. The summed E-state index contributed by atoms with van der Waals surface area (Å²) in [6.45, 7) is 3.38. The Bertz CT molecular complexity index is 86.1. The van der Waals surface area contributed by atoms with E-state index in [9.17, 15) is 0 Å². The van der Waals surface area contributed by atoms with Crippen molar-refractivity contribution < 1.29 is 9.47 Å². The van der Waals surface area contributed by atoms with Crippen LogP contribution in [0.3, 0.4) is 0 Å². The predicted molar refractivity (Wildman–Crippen MR) is 25.7 cm³/mol. The van der Waals surface area contributed by atoms with Crippen LogP contribution in [0.1, 0.15) is 6.92 Å². The number of ether oxygens (including phenoxy) is 2. The van der Waals surface area contributed by atoms with Gasteiger partial charge in [0.15, 0.2) is 5.76 Å². The minimum atomic E-state index is 0.649. The first kappa shape index (κ1) is 4.65. The van der Waals surface area contributed by atoms with Gasteiger partial charge < -0.3 is 9.47 Å². The van der Waals surface area contributed by atoms with Crippen molar-refractivity contribution in [3.05, 3.63) is 12.0 Å². The topological polar surface area (TPSA) is 21.8 Å². The van der Waals surface area contributed by atoms with Crippen LogP contribution in [0.5, 0.6) is 0 Å².